The number of nitrogens with one attached hydrogen (secondary N) is 1. The first-order chi connectivity index (χ1) is 16.3. The molecule has 1 heterocycles. The van der Waals surface area contributed by atoms with Crippen molar-refractivity contribution in [3.8, 4) is 0 Å². The molecule has 3 rings (SSSR count). The molecule has 0 spiro atoms. The Hall–Kier alpha value is -3.20. The summed E-state index contributed by atoms with van der Waals surface area (Å²) in [6.07, 6.45) is 2.59. The van der Waals surface area contributed by atoms with E-state index >= 15 is 0 Å². The molecule has 1 atom stereocenters. The number of carbonyl (C=O) groups is 3. The SMILES string of the molecule is CCCCNC(=O)[C@H](CC)N(CCc1ccccc1)C(=O)CN1C(=O)c2ccccc2S1(=O)=O. The standard InChI is InChI=1S/C25H31N3O5S/c1-3-5-16-26-24(30)21(4-2)27(17-15-19-11-7-6-8-12-19)23(29)18-28-25(31)20-13-9-10-14-22(20)34(28,32)33/h6-14,21H,3-5,15-18H2,1-2H3,(H,26,30)/t21-/m0/s1. The molecule has 34 heavy (non-hydrogen) atoms. The third-order valence-electron chi connectivity index (χ3n) is 5.89. The number of carbonyl (C=O) groups excluding carboxylic acids is 3. The molecule has 0 aliphatic carbocycles. The fraction of sp³-hybridized carbons (Fsp3) is 0.400. The number of sulfonamides is 1. The molecular formula is C25H31N3O5S. The molecule has 1 N–H and O–H groups in total. The van der Waals surface area contributed by atoms with Gasteiger partial charge in [-0.05, 0) is 37.0 Å². The zero-order chi connectivity index (χ0) is 24.7. The molecule has 1 aliphatic heterocycles. The van der Waals surface area contributed by atoms with E-state index in [2.05, 4.69) is 5.32 Å². The van der Waals surface area contributed by atoms with Crippen LogP contribution in [0.25, 0.3) is 0 Å². The molecule has 0 fully saturated rings. The molecule has 0 radical (unpaired) electrons. The summed E-state index contributed by atoms with van der Waals surface area (Å²) in [5.74, 6) is -1.60. The van der Waals surface area contributed by atoms with Gasteiger partial charge in [0.1, 0.15) is 17.5 Å². The number of hydrogen-bond donors (Lipinski definition) is 1. The lowest BCUT2D eigenvalue weighted by atomic mass is 10.1. The molecule has 8 nitrogen and oxygen atoms in total. The lowest BCUT2D eigenvalue weighted by molar-refractivity contribution is -0.140. The molecule has 0 unspecified atom stereocenters. The van der Waals surface area contributed by atoms with Gasteiger partial charge in [0.05, 0.1) is 5.56 Å². The van der Waals surface area contributed by atoms with Crippen LogP contribution in [0, 0.1) is 0 Å². The smallest absolute Gasteiger partial charge is 0.269 e. The minimum absolute atomic E-state index is 0.0514. The van der Waals surface area contributed by atoms with Gasteiger partial charge < -0.3 is 10.2 Å². The van der Waals surface area contributed by atoms with E-state index < -0.39 is 34.4 Å². The fourth-order valence-corrected chi connectivity index (χ4v) is 5.52. The number of unbranched alkanes of at least 4 members (excludes halogenated alkanes) is 1. The Balaban J connectivity index is 1.83. The molecule has 0 saturated carbocycles. The molecule has 0 saturated heterocycles. The van der Waals surface area contributed by atoms with Gasteiger partial charge in [0.15, 0.2) is 0 Å². The van der Waals surface area contributed by atoms with Crippen molar-refractivity contribution in [2.75, 3.05) is 19.6 Å². The maximum Gasteiger partial charge on any atom is 0.269 e. The summed E-state index contributed by atoms with van der Waals surface area (Å²) < 4.78 is 26.5. The highest BCUT2D eigenvalue weighted by Crippen LogP contribution is 2.30. The highest BCUT2D eigenvalue weighted by molar-refractivity contribution is 7.90. The van der Waals surface area contributed by atoms with Crippen LogP contribution < -0.4 is 5.32 Å². The molecule has 3 amide bonds. The number of fused-ring (bicyclic) bond motifs is 1. The maximum atomic E-state index is 13.4. The molecular weight excluding hydrogens is 454 g/mol. The van der Waals surface area contributed by atoms with Gasteiger partial charge in [-0.15, -0.1) is 0 Å². The summed E-state index contributed by atoms with van der Waals surface area (Å²) >= 11 is 0. The molecule has 2 aromatic carbocycles. The van der Waals surface area contributed by atoms with Crippen LogP contribution in [-0.2, 0) is 26.0 Å². The Bertz CT molecular complexity index is 1130. The van der Waals surface area contributed by atoms with E-state index in [1.165, 1.54) is 23.1 Å². The van der Waals surface area contributed by atoms with E-state index in [0.717, 1.165) is 18.4 Å². The van der Waals surface area contributed by atoms with Gasteiger partial charge in [-0.1, -0.05) is 62.7 Å². The van der Waals surface area contributed by atoms with E-state index in [-0.39, 0.29) is 22.9 Å². The second-order valence-corrected chi connectivity index (χ2v) is 10.0. The summed E-state index contributed by atoms with van der Waals surface area (Å²) in [5.41, 5.74) is 1.04. The number of rotatable bonds is 11. The Labute approximate surface area is 201 Å². The lowest BCUT2D eigenvalue weighted by Gasteiger charge is -2.31. The lowest BCUT2D eigenvalue weighted by Crippen LogP contribution is -2.53. The zero-order valence-electron chi connectivity index (χ0n) is 19.6. The predicted octanol–water partition coefficient (Wildman–Crippen LogP) is 2.60. The third kappa shape index (κ3) is 5.47. The van der Waals surface area contributed by atoms with Crippen molar-refractivity contribution in [3.05, 3.63) is 65.7 Å². The van der Waals surface area contributed by atoms with Crippen molar-refractivity contribution in [1.29, 1.82) is 0 Å². The number of benzene rings is 2. The van der Waals surface area contributed by atoms with E-state index in [9.17, 15) is 22.8 Å². The Morgan fingerprint density at radius 3 is 2.35 bits per heavy atom. The van der Waals surface area contributed by atoms with Gasteiger partial charge in [-0.25, -0.2) is 12.7 Å². The molecule has 2 aromatic rings. The van der Waals surface area contributed by atoms with Crippen molar-refractivity contribution in [2.24, 2.45) is 0 Å². The van der Waals surface area contributed by atoms with Gasteiger partial charge in [-0.3, -0.25) is 14.4 Å². The zero-order valence-corrected chi connectivity index (χ0v) is 20.4. The van der Waals surface area contributed by atoms with Crippen LogP contribution in [-0.4, -0.2) is 61.0 Å². The van der Waals surface area contributed by atoms with E-state index in [4.69, 9.17) is 0 Å². The Morgan fingerprint density at radius 2 is 1.71 bits per heavy atom. The minimum atomic E-state index is -4.13. The van der Waals surface area contributed by atoms with Crippen LogP contribution in [0.3, 0.4) is 0 Å². The van der Waals surface area contributed by atoms with Crippen LogP contribution in [0.1, 0.15) is 49.0 Å². The summed E-state index contributed by atoms with van der Waals surface area (Å²) in [5, 5.41) is 2.87. The second-order valence-electron chi connectivity index (χ2n) is 8.20. The van der Waals surface area contributed by atoms with Crippen molar-refractivity contribution in [3.63, 3.8) is 0 Å². The second kappa shape index (κ2) is 11.3. The number of hydrogen-bond acceptors (Lipinski definition) is 5. The summed E-state index contributed by atoms with van der Waals surface area (Å²) in [6, 6.07) is 14.7. The van der Waals surface area contributed by atoms with Crippen LogP contribution in [0.5, 0.6) is 0 Å². The molecule has 0 aromatic heterocycles. The monoisotopic (exact) mass is 485 g/mol. The highest BCUT2D eigenvalue weighted by Gasteiger charge is 2.43. The average molecular weight is 486 g/mol. The maximum absolute atomic E-state index is 13.4. The highest BCUT2D eigenvalue weighted by atomic mass is 32.2. The molecule has 182 valence electrons. The predicted molar refractivity (Wildman–Crippen MR) is 129 cm³/mol. The van der Waals surface area contributed by atoms with E-state index in [1.54, 1.807) is 13.0 Å². The van der Waals surface area contributed by atoms with Crippen LogP contribution >= 0.6 is 0 Å². The van der Waals surface area contributed by atoms with Crippen molar-refractivity contribution in [1.82, 2.24) is 14.5 Å². The van der Waals surface area contributed by atoms with E-state index in [1.807, 2.05) is 37.3 Å². The summed E-state index contributed by atoms with van der Waals surface area (Å²) in [6.45, 7) is 3.90. The average Bonchev–Trinajstić information content (AvgIpc) is 3.03. The Kier molecular flexibility index (Phi) is 8.44. The van der Waals surface area contributed by atoms with Gasteiger partial charge in [0.2, 0.25) is 11.8 Å². The number of nitrogens with zero attached hydrogens (tertiary/aromatic N) is 2. The van der Waals surface area contributed by atoms with Crippen LogP contribution in [0.4, 0.5) is 0 Å². The third-order valence-corrected chi connectivity index (χ3v) is 7.68. The summed E-state index contributed by atoms with van der Waals surface area (Å²) in [4.78, 5) is 40.4. The van der Waals surface area contributed by atoms with Crippen LogP contribution in [0.2, 0.25) is 0 Å². The van der Waals surface area contributed by atoms with Crippen molar-refractivity contribution >= 4 is 27.7 Å². The van der Waals surface area contributed by atoms with Gasteiger partial charge in [0, 0.05) is 13.1 Å². The molecule has 0 bridgehead atoms. The van der Waals surface area contributed by atoms with Gasteiger partial charge in [-0.2, -0.15) is 0 Å². The van der Waals surface area contributed by atoms with Crippen molar-refractivity contribution < 1.29 is 22.8 Å². The molecule has 1 aliphatic rings. The van der Waals surface area contributed by atoms with E-state index in [0.29, 0.717) is 23.7 Å². The molecule has 9 heteroatoms. The topological polar surface area (TPSA) is 104 Å². The van der Waals surface area contributed by atoms with Gasteiger partial charge in [0.25, 0.3) is 15.9 Å². The fourth-order valence-electron chi connectivity index (χ4n) is 4.00. The quantitative estimate of drug-likeness (QED) is 0.493. The van der Waals surface area contributed by atoms with Crippen molar-refractivity contribution in [2.45, 2.75) is 50.5 Å². The normalized spacial score (nSPS) is 15.0. The first-order valence-electron chi connectivity index (χ1n) is 11.6. The van der Waals surface area contributed by atoms with Crippen LogP contribution in [0.15, 0.2) is 59.5 Å². The Morgan fingerprint density at radius 1 is 1.03 bits per heavy atom. The first kappa shape index (κ1) is 25.4. The van der Waals surface area contributed by atoms with Gasteiger partial charge >= 0.3 is 0 Å². The number of amides is 3. The minimum Gasteiger partial charge on any atom is -0.354 e. The largest absolute Gasteiger partial charge is 0.354 e. The summed E-state index contributed by atoms with van der Waals surface area (Å²) in [7, 11) is -4.13. The first-order valence-corrected chi connectivity index (χ1v) is 13.0.